The molecule has 0 aliphatic carbocycles. The van der Waals surface area contributed by atoms with Gasteiger partial charge in [0.05, 0.1) is 6.26 Å². The minimum absolute atomic E-state index is 0.0622. The molecule has 2 aromatic carbocycles. The number of ether oxygens (including phenoxy) is 1. The van der Waals surface area contributed by atoms with Crippen molar-refractivity contribution in [3.63, 3.8) is 0 Å². The highest BCUT2D eigenvalue weighted by molar-refractivity contribution is 5.91. The summed E-state index contributed by atoms with van der Waals surface area (Å²) < 4.78 is 10.8. The molecule has 1 heterocycles. The van der Waals surface area contributed by atoms with Crippen LogP contribution in [0.25, 0.3) is 0 Å². The fourth-order valence-corrected chi connectivity index (χ4v) is 2.72. The summed E-state index contributed by atoms with van der Waals surface area (Å²) in [6, 6.07) is 20.9. The van der Waals surface area contributed by atoms with Gasteiger partial charge in [-0.3, -0.25) is 9.59 Å². The molecule has 150 valence electrons. The van der Waals surface area contributed by atoms with Crippen LogP contribution in [0.4, 0.5) is 0 Å². The van der Waals surface area contributed by atoms with E-state index in [0.29, 0.717) is 32.5 Å². The lowest BCUT2D eigenvalue weighted by molar-refractivity contribution is -0.121. The molecule has 1 aromatic heterocycles. The Hall–Kier alpha value is -3.54. The van der Waals surface area contributed by atoms with E-state index in [2.05, 4.69) is 10.6 Å². The molecule has 0 aliphatic rings. The number of carbonyl (C=O) groups excluding carboxylic acids is 2. The summed E-state index contributed by atoms with van der Waals surface area (Å²) in [6.45, 7) is 1.34. The van der Waals surface area contributed by atoms with Gasteiger partial charge in [0, 0.05) is 19.5 Å². The van der Waals surface area contributed by atoms with Gasteiger partial charge < -0.3 is 19.8 Å². The highest BCUT2D eigenvalue weighted by atomic mass is 16.5. The lowest BCUT2D eigenvalue weighted by Crippen LogP contribution is -2.27. The van der Waals surface area contributed by atoms with Crippen LogP contribution in [0, 0.1) is 0 Å². The van der Waals surface area contributed by atoms with Crippen LogP contribution in [0.3, 0.4) is 0 Å². The van der Waals surface area contributed by atoms with E-state index >= 15 is 0 Å². The van der Waals surface area contributed by atoms with Crippen molar-refractivity contribution >= 4 is 11.8 Å². The summed E-state index contributed by atoms with van der Waals surface area (Å²) in [7, 11) is 0. The van der Waals surface area contributed by atoms with E-state index in [4.69, 9.17) is 9.15 Å². The first-order valence-corrected chi connectivity index (χ1v) is 9.55. The molecule has 6 heteroatoms. The number of carbonyl (C=O) groups is 2. The normalized spacial score (nSPS) is 10.3. The molecule has 0 saturated heterocycles. The summed E-state index contributed by atoms with van der Waals surface area (Å²) in [5, 5.41) is 5.61. The zero-order chi connectivity index (χ0) is 20.3. The van der Waals surface area contributed by atoms with Gasteiger partial charge in [0.15, 0.2) is 5.76 Å². The van der Waals surface area contributed by atoms with Gasteiger partial charge in [-0.15, -0.1) is 0 Å². The van der Waals surface area contributed by atoms with Gasteiger partial charge in [-0.05, 0) is 41.8 Å². The first kappa shape index (κ1) is 20.2. The summed E-state index contributed by atoms with van der Waals surface area (Å²) in [5.41, 5.74) is 2.07. The molecule has 2 N–H and O–H groups in total. The number of nitrogens with one attached hydrogen (secondary N) is 2. The van der Waals surface area contributed by atoms with Gasteiger partial charge in [-0.25, -0.2) is 0 Å². The second-order valence-corrected chi connectivity index (χ2v) is 6.54. The Bertz CT molecular complexity index is 908. The van der Waals surface area contributed by atoms with Crippen LogP contribution in [0.2, 0.25) is 0 Å². The van der Waals surface area contributed by atoms with Crippen LogP contribution in [0.5, 0.6) is 5.75 Å². The molecular formula is C23H24N2O4. The molecular weight excluding hydrogens is 368 g/mol. The van der Waals surface area contributed by atoms with E-state index < -0.39 is 0 Å². The van der Waals surface area contributed by atoms with E-state index in [-0.39, 0.29) is 17.6 Å². The third-order valence-corrected chi connectivity index (χ3v) is 4.25. The quantitative estimate of drug-likeness (QED) is 0.516. The third-order valence-electron chi connectivity index (χ3n) is 4.25. The molecule has 0 saturated carbocycles. The van der Waals surface area contributed by atoms with E-state index in [1.807, 2.05) is 54.6 Å². The van der Waals surface area contributed by atoms with Gasteiger partial charge in [0.2, 0.25) is 5.91 Å². The third kappa shape index (κ3) is 6.84. The second-order valence-electron chi connectivity index (χ2n) is 6.54. The number of amides is 2. The first-order valence-electron chi connectivity index (χ1n) is 9.55. The Balaban J connectivity index is 1.35. The van der Waals surface area contributed by atoms with Crippen molar-refractivity contribution in [2.75, 3.05) is 6.54 Å². The Morgan fingerprint density at radius 2 is 1.72 bits per heavy atom. The second kappa shape index (κ2) is 10.7. The molecule has 0 fully saturated rings. The van der Waals surface area contributed by atoms with E-state index in [1.54, 1.807) is 12.1 Å². The molecule has 0 aliphatic heterocycles. The van der Waals surface area contributed by atoms with E-state index in [1.165, 1.54) is 6.26 Å². The van der Waals surface area contributed by atoms with Crippen molar-refractivity contribution in [2.24, 2.45) is 0 Å². The highest BCUT2D eigenvalue weighted by Gasteiger charge is 2.08. The number of furan rings is 1. The van der Waals surface area contributed by atoms with Gasteiger partial charge in [0.1, 0.15) is 12.4 Å². The first-order chi connectivity index (χ1) is 14.2. The monoisotopic (exact) mass is 392 g/mol. The number of benzene rings is 2. The molecule has 0 spiro atoms. The van der Waals surface area contributed by atoms with Crippen molar-refractivity contribution in [1.29, 1.82) is 0 Å². The van der Waals surface area contributed by atoms with Crippen LogP contribution in [0.1, 0.15) is 34.5 Å². The summed E-state index contributed by atoms with van der Waals surface area (Å²) in [5.74, 6) is 0.695. The standard InChI is InChI=1S/C23H24N2O4/c26-22(12-5-13-24-23(27)21-11-6-14-28-21)25-16-19-9-4-10-20(15-19)29-17-18-7-2-1-3-8-18/h1-4,6-11,14-15H,5,12-13,16-17H2,(H,24,27)(H,25,26). The van der Waals surface area contributed by atoms with Crippen LogP contribution >= 0.6 is 0 Å². The zero-order valence-corrected chi connectivity index (χ0v) is 16.1. The Morgan fingerprint density at radius 3 is 2.52 bits per heavy atom. The van der Waals surface area contributed by atoms with Crippen molar-refractivity contribution < 1.29 is 18.7 Å². The van der Waals surface area contributed by atoms with Gasteiger partial charge >= 0.3 is 0 Å². The highest BCUT2D eigenvalue weighted by Crippen LogP contribution is 2.15. The summed E-state index contributed by atoms with van der Waals surface area (Å²) in [4.78, 5) is 23.7. The van der Waals surface area contributed by atoms with Crippen LogP contribution < -0.4 is 15.4 Å². The van der Waals surface area contributed by atoms with E-state index in [9.17, 15) is 9.59 Å². The topological polar surface area (TPSA) is 80.6 Å². The Morgan fingerprint density at radius 1 is 0.897 bits per heavy atom. The van der Waals surface area contributed by atoms with Gasteiger partial charge in [0.25, 0.3) is 5.91 Å². The molecule has 0 unspecified atom stereocenters. The fourth-order valence-electron chi connectivity index (χ4n) is 2.72. The smallest absolute Gasteiger partial charge is 0.286 e. The van der Waals surface area contributed by atoms with E-state index in [0.717, 1.165) is 16.9 Å². The van der Waals surface area contributed by atoms with Gasteiger partial charge in [-0.1, -0.05) is 42.5 Å². The molecule has 3 rings (SSSR count). The van der Waals surface area contributed by atoms with Crippen molar-refractivity contribution in [3.8, 4) is 5.75 Å². The van der Waals surface area contributed by atoms with Gasteiger partial charge in [-0.2, -0.15) is 0 Å². The maximum absolute atomic E-state index is 12.0. The van der Waals surface area contributed by atoms with Crippen LogP contribution in [0.15, 0.2) is 77.4 Å². The zero-order valence-electron chi connectivity index (χ0n) is 16.1. The molecule has 29 heavy (non-hydrogen) atoms. The van der Waals surface area contributed by atoms with Crippen molar-refractivity contribution in [1.82, 2.24) is 10.6 Å². The molecule has 0 radical (unpaired) electrons. The molecule has 3 aromatic rings. The molecule has 2 amide bonds. The molecule has 6 nitrogen and oxygen atoms in total. The predicted molar refractivity (Wildman–Crippen MR) is 109 cm³/mol. The summed E-state index contributed by atoms with van der Waals surface area (Å²) >= 11 is 0. The van der Waals surface area contributed by atoms with Crippen molar-refractivity contribution in [3.05, 3.63) is 89.9 Å². The lowest BCUT2D eigenvalue weighted by Gasteiger charge is -2.09. The lowest BCUT2D eigenvalue weighted by atomic mass is 10.2. The fraction of sp³-hybridized carbons (Fsp3) is 0.217. The summed E-state index contributed by atoms with van der Waals surface area (Å²) in [6.07, 6.45) is 2.34. The number of hydrogen-bond donors (Lipinski definition) is 2. The van der Waals surface area contributed by atoms with Crippen LogP contribution in [-0.4, -0.2) is 18.4 Å². The number of rotatable bonds is 10. The number of hydrogen-bond acceptors (Lipinski definition) is 4. The maximum atomic E-state index is 12.0. The van der Waals surface area contributed by atoms with Crippen LogP contribution in [-0.2, 0) is 17.9 Å². The molecule has 0 atom stereocenters. The minimum atomic E-state index is -0.275. The largest absolute Gasteiger partial charge is 0.489 e. The SMILES string of the molecule is O=C(CCCNC(=O)c1ccco1)NCc1cccc(OCc2ccccc2)c1. The maximum Gasteiger partial charge on any atom is 0.286 e. The Kier molecular flexibility index (Phi) is 7.46. The minimum Gasteiger partial charge on any atom is -0.489 e. The average molecular weight is 392 g/mol. The predicted octanol–water partition coefficient (Wildman–Crippen LogP) is 3.69. The average Bonchev–Trinajstić information content (AvgIpc) is 3.30. The van der Waals surface area contributed by atoms with Crippen molar-refractivity contribution in [2.45, 2.75) is 26.0 Å². The Labute approximate surface area is 169 Å². The molecule has 0 bridgehead atoms.